The Hall–Kier alpha value is -9.65. The molecule has 0 radical (unpaired) electrons. The Kier molecular flexibility index (Phi) is 11.5. The van der Waals surface area contributed by atoms with Crippen LogP contribution in [-0.2, 0) is 0 Å². The summed E-state index contributed by atoms with van der Waals surface area (Å²) in [5.74, 6) is 3.70. The van der Waals surface area contributed by atoms with Crippen molar-refractivity contribution in [3.63, 3.8) is 0 Å². The average Bonchev–Trinajstić information content (AvgIpc) is 4.03. The molecule has 0 bridgehead atoms. The summed E-state index contributed by atoms with van der Waals surface area (Å²) in [6, 6.07) is 85.2. The Morgan fingerprint density at radius 3 is 1.55 bits per heavy atom. The minimum atomic E-state index is 0.610. The van der Waals surface area contributed by atoms with E-state index in [2.05, 4.69) is 266 Å². The van der Waals surface area contributed by atoms with Crippen LogP contribution in [0.15, 0.2) is 249 Å². The number of benzene rings is 10. The molecule has 12 aromatic rings. The van der Waals surface area contributed by atoms with Gasteiger partial charge in [0, 0.05) is 63.1 Å². The van der Waals surface area contributed by atoms with Crippen LogP contribution < -0.4 is 19.3 Å². The number of hydrogen-bond donors (Lipinski definition) is 0. The van der Waals surface area contributed by atoms with Crippen molar-refractivity contribution in [2.24, 2.45) is 0 Å². The Bertz CT molecular complexity index is 3950. The zero-order valence-corrected chi connectivity index (χ0v) is 42.0. The van der Waals surface area contributed by atoms with Gasteiger partial charge in [0.2, 0.25) is 0 Å². The molecule has 0 fully saturated rings. The quantitative estimate of drug-likeness (QED) is 0.129. The van der Waals surface area contributed by atoms with E-state index in [1.54, 1.807) is 0 Å². The van der Waals surface area contributed by atoms with E-state index in [4.69, 9.17) is 14.5 Å². The summed E-state index contributed by atoms with van der Waals surface area (Å²) in [7, 11) is 0. The zero-order valence-electron chi connectivity index (χ0n) is 42.0. The van der Waals surface area contributed by atoms with Crippen molar-refractivity contribution in [3.8, 4) is 73.3 Å². The lowest BCUT2D eigenvalue weighted by Gasteiger charge is -2.27. The second kappa shape index (κ2) is 19.1. The lowest BCUT2D eigenvalue weighted by atomic mass is 9.86. The van der Waals surface area contributed by atoms with Crippen molar-refractivity contribution in [1.82, 2.24) is 9.55 Å². The van der Waals surface area contributed by atoms with Crippen molar-refractivity contribution in [2.45, 2.75) is 20.8 Å². The lowest BCUT2D eigenvalue weighted by Crippen LogP contribution is -2.24. The third kappa shape index (κ3) is 8.14. The monoisotopic (exact) mass is 968 g/mol. The highest BCUT2D eigenvalue weighted by Gasteiger charge is 2.32. The van der Waals surface area contributed by atoms with Gasteiger partial charge in [0.05, 0.1) is 28.1 Å². The molecule has 0 saturated heterocycles. The van der Waals surface area contributed by atoms with Gasteiger partial charge in [-0.15, -0.1) is 0 Å². The van der Waals surface area contributed by atoms with E-state index in [-0.39, 0.29) is 0 Å². The fourth-order valence-electron chi connectivity index (χ4n) is 11.1. The number of pyridine rings is 1. The Labute approximate surface area is 437 Å². The van der Waals surface area contributed by atoms with E-state index in [9.17, 15) is 0 Å². The molecule has 360 valence electrons. The first-order chi connectivity index (χ1) is 37.0. The predicted octanol–water partition coefficient (Wildman–Crippen LogP) is 18.6. The van der Waals surface area contributed by atoms with Gasteiger partial charge in [-0.3, -0.25) is 4.57 Å². The largest absolute Gasteiger partial charge is 0.457 e. The van der Waals surface area contributed by atoms with Gasteiger partial charge in [-0.1, -0.05) is 176 Å². The maximum Gasteiger partial charge on any atom is 0.143 e. The second-order valence-electron chi connectivity index (χ2n) is 19.2. The summed E-state index contributed by atoms with van der Waals surface area (Å²) in [5, 5.41) is 2.22. The Morgan fingerprint density at radius 2 is 0.907 bits per heavy atom. The molecule has 10 aromatic carbocycles. The van der Waals surface area contributed by atoms with Crippen molar-refractivity contribution < 1.29 is 9.47 Å². The molecule has 0 unspecified atom stereocenters. The highest BCUT2D eigenvalue weighted by Crippen LogP contribution is 2.51. The van der Waals surface area contributed by atoms with Crippen LogP contribution in [0.1, 0.15) is 16.7 Å². The van der Waals surface area contributed by atoms with Gasteiger partial charge in [-0.25, -0.2) is 4.98 Å². The number of hydrogen-bond acceptors (Lipinski definition) is 5. The number of rotatable bonds is 11. The molecule has 3 heterocycles. The molecule has 0 atom stereocenters. The fraction of sp³-hybridized carbons (Fsp3) is 0.0580. The van der Waals surface area contributed by atoms with E-state index < -0.39 is 0 Å². The van der Waals surface area contributed by atoms with E-state index >= 15 is 0 Å². The van der Waals surface area contributed by atoms with E-state index in [1.165, 1.54) is 44.6 Å². The Morgan fingerprint density at radius 1 is 0.387 bits per heavy atom. The van der Waals surface area contributed by atoms with E-state index in [1.807, 2.05) is 18.3 Å². The first kappa shape index (κ1) is 45.2. The van der Waals surface area contributed by atoms with Crippen LogP contribution in [0.3, 0.4) is 0 Å². The normalized spacial score (nSPS) is 12.1. The van der Waals surface area contributed by atoms with Gasteiger partial charge in [-0.05, 0) is 108 Å². The molecule has 0 amide bonds. The fourth-order valence-corrected chi connectivity index (χ4v) is 11.1. The van der Waals surface area contributed by atoms with Crippen molar-refractivity contribution in [3.05, 3.63) is 266 Å². The van der Waals surface area contributed by atoms with Crippen LogP contribution in [0.25, 0.3) is 72.1 Å². The van der Waals surface area contributed by atoms with Gasteiger partial charge < -0.3 is 19.3 Å². The minimum absolute atomic E-state index is 0.610. The molecule has 13 rings (SSSR count). The number of aromatic nitrogens is 2. The van der Waals surface area contributed by atoms with Crippen LogP contribution >= 0.6 is 0 Å². The topological polar surface area (TPSA) is 42.8 Å². The number of ether oxygens (including phenoxy) is 2. The van der Waals surface area contributed by atoms with Gasteiger partial charge in [0.15, 0.2) is 0 Å². The SMILES string of the molecule is Cc1c(C)c(-c2ccccc2)c(Oc2ccnc(-n3c4ccccc4c4ccc(Oc5cccc(N6CN(c7c(-c8ccccc8)cccc7-c7ccccc7)c7ccccc76)c5)cc43)c2)c(-c2ccccc2)c1C. The smallest absolute Gasteiger partial charge is 0.143 e. The van der Waals surface area contributed by atoms with Crippen molar-refractivity contribution >= 4 is 44.6 Å². The molecule has 6 nitrogen and oxygen atoms in total. The second-order valence-corrected chi connectivity index (χ2v) is 19.2. The molecular formula is C69H52N4O2. The number of anilines is 4. The zero-order chi connectivity index (χ0) is 50.4. The van der Waals surface area contributed by atoms with Gasteiger partial charge in [0.1, 0.15) is 35.5 Å². The van der Waals surface area contributed by atoms with Crippen LogP contribution in [-0.4, -0.2) is 16.2 Å². The number of nitrogens with zero attached hydrogens (tertiary/aromatic N) is 4. The molecule has 1 aliphatic rings. The number of para-hydroxylation sites is 4. The number of fused-ring (bicyclic) bond motifs is 4. The summed E-state index contributed by atoms with van der Waals surface area (Å²) in [5.41, 5.74) is 19.2. The Balaban J connectivity index is 0.865. The lowest BCUT2D eigenvalue weighted by molar-refractivity contribution is 0.483. The molecule has 6 heteroatoms. The van der Waals surface area contributed by atoms with Crippen molar-refractivity contribution in [2.75, 3.05) is 16.5 Å². The van der Waals surface area contributed by atoms with Crippen LogP contribution in [0.4, 0.5) is 22.7 Å². The molecular weight excluding hydrogens is 917 g/mol. The van der Waals surface area contributed by atoms with Crippen molar-refractivity contribution in [1.29, 1.82) is 0 Å². The van der Waals surface area contributed by atoms with Gasteiger partial charge >= 0.3 is 0 Å². The molecule has 0 saturated carbocycles. The van der Waals surface area contributed by atoms with Crippen LogP contribution in [0.2, 0.25) is 0 Å². The van der Waals surface area contributed by atoms with Crippen LogP contribution in [0.5, 0.6) is 23.0 Å². The molecule has 75 heavy (non-hydrogen) atoms. The molecule has 2 aromatic heterocycles. The van der Waals surface area contributed by atoms with E-state index in [0.29, 0.717) is 12.4 Å². The summed E-state index contributed by atoms with van der Waals surface area (Å²) in [6.07, 6.45) is 1.84. The van der Waals surface area contributed by atoms with E-state index in [0.717, 1.165) is 84.2 Å². The summed E-state index contributed by atoms with van der Waals surface area (Å²) in [6.45, 7) is 7.22. The maximum atomic E-state index is 7.21. The van der Waals surface area contributed by atoms with Gasteiger partial charge in [0.25, 0.3) is 0 Å². The average molecular weight is 969 g/mol. The standard InChI is InChI=1S/C69H52N4O2/c1-46-47(2)66(51-26-12-6-13-27-51)69(67(48(46)3)52-28-14-7-15-29-52)75-56-40-41-70-65(44-56)73-61-35-17-16-32-59(61)60-39-38-55(43-64(60)73)74-54-31-20-30-53(42-54)71-45-72(63-37-19-18-36-62(63)71)68-57(49-22-8-4-9-23-49)33-21-34-58(68)50-24-10-5-11-25-50/h4-44H,45H2,1-3H3. The third-order valence-corrected chi connectivity index (χ3v) is 14.9. The summed E-state index contributed by atoms with van der Waals surface area (Å²) >= 11 is 0. The van der Waals surface area contributed by atoms with Gasteiger partial charge in [-0.2, -0.15) is 0 Å². The van der Waals surface area contributed by atoms with Crippen LogP contribution in [0, 0.1) is 20.8 Å². The summed E-state index contributed by atoms with van der Waals surface area (Å²) < 4.78 is 16.3. The molecule has 1 aliphatic heterocycles. The maximum absolute atomic E-state index is 7.21. The first-order valence-corrected chi connectivity index (χ1v) is 25.5. The molecule has 0 spiro atoms. The summed E-state index contributed by atoms with van der Waals surface area (Å²) in [4.78, 5) is 9.87. The minimum Gasteiger partial charge on any atom is -0.457 e. The highest BCUT2D eigenvalue weighted by molar-refractivity contribution is 6.09. The highest BCUT2D eigenvalue weighted by atomic mass is 16.5. The molecule has 0 N–H and O–H groups in total. The predicted molar refractivity (Wildman–Crippen MR) is 310 cm³/mol. The first-order valence-electron chi connectivity index (χ1n) is 25.5. The third-order valence-electron chi connectivity index (χ3n) is 14.9. The molecule has 0 aliphatic carbocycles.